The quantitative estimate of drug-likeness (QED) is 0.686. The molecule has 90 valence electrons. The van der Waals surface area contributed by atoms with Crippen molar-refractivity contribution in [2.24, 2.45) is 11.7 Å². The predicted molar refractivity (Wildman–Crippen MR) is 64.9 cm³/mol. The lowest BCUT2D eigenvalue weighted by atomic mass is 9.85. The molecule has 0 saturated heterocycles. The van der Waals surface area contributed by atoms with Crippen LogP contribution in [-0.4, -0.2) is 29.9 Å². The third-order valence-corrected chi connectivity index (χ3v) is 3.87. The van der Waals surface area contributed by atoms with Gasteiger partial charge in [0.15, 0.2) is 0 Å². The van der Waals surface area contributed by atoms with Gasteiger partial charge in [0.25, 0.3) is 0 Å². The molecule has 2 N–H and O–H groups in total. The molecular weight excluding hydrogens is 200 g/mol. The van der Waals surface area contributed by atoms with Gasteiger partial charge in [-0.25, -0.2) is 0 Å². The molecular formula is C13H22N2O. The van der Waals surface area contributed by atoms with E-state index in [-0.39, 0.29) is 5.92 Å². The predicted octanol–water partition coefficient (Wildman–Crippen LogP) is 1.68. The summed E-state index contributed by atoms with van der Waals surface area (Å²) in [7, 11) is 0. The Labute approximate surface area is 97.7 Å². The van der Waals surface area contributed by atoms with E-state index in [2.05, 4.69) is 13.0 Å². The van der Waals surface area contributed by atoms with Crippen LogP contribution in [0.25, 0.3) is 0 Å². The number of hydrogen-bond acceptors (Lipinski definition) is 2. The molecule has 0 spiro atoms. The second-order valence-electron chi connectivity index (χ2n) is 5.20. The maximum atomic E-state index is 12.2. The molecule has 0 bridgehead atoms. The molecule has 0 aromatic rings. The average Bonchev–Trinajstić information content (AvgIpc) is 2.30. The van der Waals surface area contributed by atoms with Gasteiger partial charge in [-0.3, -0.25) is 4.79 Å². The third-order valence-electron chi connectivity index (χ3n) is 3.87. The number of carbonyl (C=O) groups is 1. The molecule has 2 aliphatic rings. The van der Waals surface area contributed by atoms with Crippen LogP contribution in [0, 0.1) is 5.92 Å². The van der Waals surface area contributed by atoms with Gasteiger partial charge in [-0.1, -0.05) is 11.6 Å². The van der Waals surface area contributed by atoms with E-state index in [0.29, 0.717) is 11.9 Å². The molecule has 0 radical (unpaired) electrons. The van der Waals surface area contributed by atoms with E-state index < -0.39 is 0 Å². The average molecular weight is 222 g/mol. The fraction of sp³-hybridized carbons (Fsp3) is 0.769. The first-order valence-electron chi connectivity index (χ1n) is 6.37. The second kappa shape index (κ2) is 5.00. The Morgan fingerprint density at radius 1 is 1.38 bits per heavy atom. The van der Waals surface area contributed by atoms with Crippen LogP contribution in [0.5, 0.6) is 0 Å². The summed E-state index contributed by atoms with van der Waals surface area (Å²) in [4.78, 5) is 14.2. The van der Waals surface area contributed by atoms with E-state index in [4.69, 9.17) is 5.73 Å². The Morgan fingerprint density at radius 3 is 2.62 bits per heavy atom. The third kappa shape index (κ3) is 2.64. The molecule has 3 heteroatoms. The minimum atomic E-state index is 0.242. The molecule has 1 fully saturated rings. The second-order valence-corrected chi connectivity index (χ2v) is 5.20. The van der Waals surface area contributed by atoms with Crippen LogP contribution in [0.4, 0.5) is 0 Å². The first-order valence-corrected chi connectivity index (χ1v) is 6.37. The molecule has 0 aromatic heterocycles. The minimum absolute atomic E-state index is 0.242. The Balaban J connectivity index is 1.88. The van der Waals surface area contributed by atoms with Crippen molar-refractivity contribution in [1.82, 2.24) is 4.90 Å². The van der Waals surface area contributed by atoms with Crippen molar-refractivity contribution < 1.29 is 4.79 Å². The van der Waals surface area contributed by atoms with E-state index in [1.807, 2.05) is 4.90 Å². The number of carbonyl (C=O) groups excluding carboxylic acids is 1. The molecule has 0 unspecified atom stereocenters. The summed E-state index contributed by atoms with van der Waals surface area (Å²) in [6.45, 7) is 3.86. The molecule has 0 atom stereocenters. The summed E-state index contributed by atoms with van der Waals surface area (Å²) >= 11 is 0. The molecule has 1 heterocycles. The van der Waals surface area contributed by atoms with Gasteiger partial charge in [0, 0.05) is 25.0 Å². The Bertz CT molecular complexity index is 290. The lowest BCUT2D eigenvalue weighted by molar-refractivity contribution is -0.136. The largest absolute Gasteiger partial charge is 0.338 e. The van der Waals surface area contributed by atoms with E-state index in [9.17, 15) is 4.79 Å². The van der Waals surface area contributed by atoms with Gasteiger partial charge in [0.2, 0.25) is 5.91 Å². The van der Waals surface area contributed by atoms with Crippen LogP contribution in [0.2, 0.25) is 0 Å². The van der Waals surface area contributed by atoms with Crippen molar-refractivity contribution in [3.63, 3.8) is 0 Å². The van der Waals surface area contributed by atoms with Crippen LogP contribution in [0.3, 0.4) is 0 Å². The molecule has 1 aliphatic heterocycles. The van der Waals surface area contributed by atoms with E-state index in [1.165, 1.54) is 5.57 Å². The first kappa shape index (κ1) is 11.6. The van der Waals surface area contributed by atoms with Crippen molar-refractivity contribution >= 4 is 5.91 Å². The maximum Gasteiger partial charge on any atom is 0.225 e. The topological polar surface area (TPSA) is 46.3 Å². The zero-order valence-electron chi connectivity index (χ0n) is 10.1. The smallest absolute Gasteiger partial charge is 0.225 e. The van der Waals surface area contributed by atoms with Gasteiger partial charge >= 0.3 is 0 Å². The van der Waals surface area contributed by atoms with Crippen molar-refractivity contribution in [3.05, 3.63) is 11.6 Å². The van der Waals surface area contributed by atoms with Gasteiger partial charge in [0.05, 0.1) is 0 Å². The van der Waals surface area contributed by atoms with E-state index >= 15 is 0 Å². The van der Waals surface area contributed by atoms with Gasteiger partial charge in [-0.05, 0) is 39.0 Å². The minimum Gasteiger partial charge on any atom is -0.338 e. The lowest BCUT2D eigenvalue weighted by Crippen LogP contribution is -2.41. The highest BCUT2D eigenvalue weighted by molar-refractivity contribution is 5.79. The van der Waals surface area contributed by atoms with Crippen molar-refractivity contribution in [3.8, 4) is 0 Å². The molecule has 3 nitrogen and oxygen atoms in total. The summed E-state index contributed by atoms with van der Waals surface area (Å²) in [6.07, 6.45) is 7.21. The standard InChI is InChI=1S/C13H22N2O/c1-10-6-8-15(9-7-10)13(16)11-2-4-12(14)5-3-11/h6,11-12H,2-5,7-9,14H2,1H3. The van der Waals surface area contributed by atoms with Crippen LogP contribution >= 0.6 is 0 Å². The van der Waals surface area contributed by atoms with Crippen LogP contribution in [0.15, 0.2) is 11.6 Å². The molecule has 1 amide bonds. The SMILES string of the molecule is CC1=CCN(C(=O)C2CCC(N)CC2)CC1. The summed E-state index contributed by atoms with van der Waals surface area (Å²) in [5, 5.41) is 0. The van der Waals surface area contributed by atoms with Gasteiger partial charge < -0.3 is 10.6 Å². The zero-order valence-corrected chi connectivity index (χ0v) is 10.1. The van der Waals surface area contributed by atoms with Gasteiger partial charge in [0.1, 0.15) is 0 Å². The normalized spacial score (nSPS) is 31.1. The van der Waals surface area contributed by atoms with E-state index in [0.717, 1.165) is 45.2 Å². The lowest BCUT2D eigenvalue weighted by Gasteiger charge is -2.32. The Morgan fingerprint density at radius 2 is 2.06 bits per heavy atom. The number of hydrogen-bond donors (Lipinski definition) is 1. The number of nitrogens with two attached hydrogens (primary N) is 1. The summed E-state index contributed by atoms with van der Waals surface area (Å²) in [6, 6.07) is 0.326. The Hall–Kier alpha value is -0.830. The van der Waals surface area contributed by atoms with Gasteiger partial charge in [-0.2, -0.15) is 0 Å². The molecule has 2 rings (SSSR count). The highest BCUT2D eigenvalue weighted by Crippen LogP contribution is 2.26. The van der Waals surface area contributed by atoms with Crippen molar-refractivity contribution in [1.29, 1.82) is 0 Å². The van der Waals surface area contributed by atoms with Gasteiger partial charge in [-0.15, -0.1) is 0 Å². The van der Waals surface area contributed by atoms with Crippen LogP contribution < -0.4 is 5.73 Å². The summed E-state index contributed by atoms with van der Waals surface area (Å²) in [5.74, 6) is 0.599. The molecule has 16 heavy (non-hydrogen) atoms. The molecule has 1 aliphatic carbocycles. The molecule has 1 saturated carbocycles. The monoisotopic (exact) mass is 222 g/mol. The highest BCUT2D eigenvalue weighted by atomic mass is 16.2. The number of rotatable bonds is 1. The fourth-order valence-electron chi connectivity index (χ4n) is 2.60. The number of amides is 1. The first-order chi connectivity index (χ1) is 7.66. The maximum absolute atomic E-state index is 12.2. The van der Waals surface area contributed by atoms with E-state index in [1.54, 1.807) is 0 Å². The highest BCUT2D eigenvalue weighted by Gasteiger charge is 2.28. The fourth-order valence-corrected chi connectivity index (χ4v) is 2.60. The Kier molecular flexibility index (Phi) is 3.64. The van der Waals surface area contributed by atoms with Crippen molar-refractivity contribution in [2.75, 3.05) is 13.1 Å². The van der Waals surface area contributed by atoms with Crippen LogP contribution in [0.1, 0.15) is 39.0 Å². The van der Waals surface area contributed by atoms with Crippen molar-refractivity contribution in [2.45, 2.75) is 45.1 Å². The molecule has 0 aromatic carbocycles. The number of nitrogens with zero attached hydrogens (tertiary/aromatic N) is 1. The summed E-state index contributed by atoms with van der Waals surface area (Å²) in [5.41, 5.74) is 7.27. The van der Waals surface area contributed by atoms with Crippen LogP contribution in [-0.2, 0) is 4.79 Å². The summed E-state index contributed by atoms with van der Waals surface area (Å²) < 4.78 is 0. The zero-order chi connectivity index (χ0) is 11.5.